The largest absolute Gasteiger partial charge is 0.399 e. The molecule has 0 fully saturated rings. The zero-order valence-electron chi connectivity index (χ0n) is 10.1. The molecular formula is C11H18N2O3S. The summed E-state index contributed by atoms with van der Waals surface area (Å²) in [6.07, 6.45) is -0.800. The molecule has 5 nitrogen and oxygen atoms in total. The van der Waals surface area contributed by atoms with E-state index >= 15 is 0 Å². The van der Waals surface area contributed by atoms with Gasteiger partial charge in [0.2, 0.25) is 10.0 Å². The van der Waals surface area contributed by atoms with Crippen LogP contribution in [0, 0.1) is 0 Å². The molecule has 0 aliphatic heterocycles. The lowest BCUT2D eigenvalue weighted by molar-refractivity contribution is 0.111. The van der Waals surface area contributed by atoms with Crippen molar-refractivity contribution >= 4 is 15.7 Å². The number of anilines is 1. The summed E-state index contributed by atoms with van der Waals surface area (Å²) in [6.45, 7) is 4.77. The molecule has 1 aromatic carbocycles. The number of nitrogen functional groups attached to an aromatic ring is 1. The van der Waals surface area contributed by atoms with Gasteiger partial charge in [-0.2, -0.15) is 0 Å². The van der Waals surface area contributed by atoms with Crippen LogP contribution in [-0.2, 0) is 10.0 Å². The predicted molar refractivity (Wildman–Crippen MR) is 66.9 cm³/mol. The first-order valence-electron chi connectivity index (χ1n) is 5.23. The molecular weight excluding hydrogens is 240 g/mol. The third-order valence-electron chi connectivity index (χ3n) is 2.63. The van der Waals surface area contributed by atoms with Gasteiger partial charge < -0.3 is 10.8 Å². The van der Waals surface area contributed by atoms with Crippen molar-refractivity contribution in [3.05, 3.63) is 24.3 Å². The Morgan fingerprint density at radius 3 is 2.18 bits per heavy atom. The van der Waals surface area contributed by atoms with Crippen molar-refractivity contribution in [2.24, 2.45) is 0 Å². The summed E-state index contributed by atoms with van der Waals surface area (Å²) < 4.78 is 26.5. The molecule has 0 aliphatic carbocycles. The number of hydrogen-bond acceptors (Lipinski definition) is 4. The highest BCUT2D eigenvalue weighted by atomic mass is 32.2. The first-order chi connectivity index (χ1) is 7.65. The highest BCUT2D eigenvalue weighted by Crippen LogP contribution is 2.16. The van der Waals surface area contributed by atoms with Gasteiger partial charge in [-0.25, -0.2) is 13.1 Å². The number of benzene rings is 1. The van der Waals surface area contributed by atoms with E-state index in [1.807, 2.05) is 0 Å². The van der Waals surface area contributed by atoms with Crippen LogP contribution in [0.5, 0.6) is 0 Å². The summed E-state index contributed by atoms with van der Waals surface area (Å²) in [6, 6.07) is 5.89. The fourth-order valence-electron chi connectivity index (χ4n) is 1.14. The van der Waals surface area contributed by atoms with Crippen LogP contribution in [0.1, 0.15) is 20.8 Å². The van der Waals surface area contributed by atoms with Crippen LogP contribution in [-0.4, -0.2) is 25.2 Å². The second-order valence-corrected chi connectivity index (χ2v) is 6.25. The van der Waals surface area contributed by atoms with Gasteiger partial charge in [-0.15, -0.1) is 0 Å². The second-order valence-electron chi connectivity index (χ2n) is 4.57. The predicted octanol–water partition coefficient (Wildman–Crippen LogP) is 0.706. The lowest BCUT2D eigenvalue weighted by Crippen LogP contribution is -2.50. The number of sulfonamides is 1. The highest BCUT2D eigenvalue weighted by molar-refractivity contribution is 7.89. The minimum atomic E-state index is -3.65. The molecule has 0 radical (unpaired) electrons. The van der Waals surface area contributed by atoms with E-state index < -0.39 is 21.7 Å². The molecule has 96 valence electrons. The molecule has 1 atom stereocenters. The Labute approximate surface area is 102 Å². The Bertz CT molecular complexity index is 478. The fraction of sp³-hybridized carbons (Fsp3) is 0.455. The molecule has 0 spiro atoms. The van der Waals surface area contributed by atoms with E-state index in [4.69, 9.17) is 5.73 Å². The highest BCUT2D eigenvalue weighted by Gasteiger charge is 2.30. The summed E-state index contributed by atoms with van der Waals surface area (Å²) >= 11 is 0. The van der Waals surface area contributed by atoms with Crippen LogP contribution in [0.4, 0.5) is 5.69 Å². The number of aliphatic hydroxyl groups excluding tert-OH is 1. The number of hydrogen-bond donors (Lipinski definition) is 3. The van der Waals surface area contributed by atoms with Crippen molar-refractivity contribution < 1.29 is 13.5 Å². The normalized spacial score (nSPS) is 14.6. The average molecular weight is 258 g/mol. The number of nitrogens with one attached hydrogen (secondary N) is 1. The molecule has 0 bridgehead atoms. The van der Waals surface area contributed by atoms with Crippen LogP contribution in [0.2, 0.25) is 0 Å². The van der Waals surface area contributed by atoms with Gasteiger partial charge in [0, 0.05) is 5.69 Å². The number of rotatable bonds is 4. The van der Waals surface area contributed by atoms with Crippen molar-refractivity contribution in [1.29, 1.82) is 0 Å². The molecule has 0 aliphatic rings. The first-order valence-corrected chi connectivity index (χ1v) is 6.71. The van der Waals surface area contributed by atoms with Crippen LogP contribution in [0.25, 0.3) is 0 Å². The lowest BCUT2D eigenvalue weighted by Gasteiger charge is -2.28. The van der Waals surface area contributed by atoms with Crippen LogP contribution >= 0.6 is 0 Å². The lowest BCUT2D eigenvalue weighted by atomic mass is 10.0. The maximum Gasteiger partial charge on any atom is 0.241 e. The van der Waals surface area contributed by atoms with Gasteiger partial charge in [0.05, 0.1) is 16.5 Å². The Morgan fingerprint density at radius 2 is 1.76 bits per heavy atom. The first kappa shape index (κ1) is 14.0. The smallest absolute Gasteiger partial charge is 0.241 e. The van der Waals surface area contributed by atoms with Crippen molar-refractivity contribution in [3.8, 4) is 0 Å². The van der Waals surface area contributed by atoms with E-state index in [2.05, 4.69) is 4.72 Å². The summed E-state index contributed by atoms with van der Waals surface area (Å²) in [5.41, 5.74) is 5.06. The Kier molecular flexibility index (Phi) is 3.81. The molecule has 6 heteroatoms. The van der Waals surface area contributed by atoms with Gasteiger partial charge in [0.15, 0.2) is 0 Å². The SMILES string of the molecule is CC(O)C(C)(C)NS(=O)(=O)c1ccc(N)cc1. The van der Waals surface area contributed by atoms with Crippen LogP contribution in [0.3, 0.4) is 0 Å². The van der Waals surface area contributed by atoms with E-state index in [9.17, 15) is 13.5 Å². The third-order valence-corrected chi connectivity index (χ3v) is 4.32. The minimum absolute atomic E-state index is 0.125. The molecule has 1 rings (SSSR count). The zero-order chi connectivity index (χ0) is 13.3. The summed E-state index contributed by atoms with van der Waals surface area (Å²) in [7, 11) is -3.65. The standard InChI is InChI=1S/C11H18N2O3S/c1-8(14)11(2,3)13-17(15,16)10-6-4-9(12)5-7-10/h4-8,13-14H,12H2,1-3H3. The Hall–Kier alpha value is -1.11. The Morgan fingerprint density at radius 1 is 1.29 bits per heavy atom. The van der Waals surface area contributed by atoms with Crippen LogP contribution in [0.15, 0.2) is 29.2 Å². The summed E-state index contributed by atoms with van der Waals surface area (Å²) in [5, 5.41) is 9.49. The number of nitrogens with two attached hydrogens (primary N) is 1. The maximum atomic E-state index is 12.0. The summed E-state index contributed by atoms with van der Waals surface area (Å²) in [5.74, 6) is 0. The van der Waals surface area contributed by atoms with E-state index in [0.717, 1.165) is 0 Å². The molecule has 17 heavy (non-hydrogen) atoms. The maximum absolute atomic E-state index is 12.0. The van der Waals surface area contributed by atoms with Crippen molar-refractivity contribution in [2.45, 2.75) is 37.3 Å². The van der Waals surface area contributed by atoms with Crippen LogP contribution < -0.4 is 10.5 Å². The van der Waals surface area contributed by atoms with Crippen molar-refractivity contribution in [3.63, 3.8) is 0 Å². The molecule has 0 saturated heterocycles. The van der Waals surface area contributed by atoms with Gasteiger partial charge in [-0.1, -0.05) is 0 Å². The van der Waals surface area contributed by atoms with E-state index in [1.165, 1.54) is 31.2 Å². The van der Waals surface area contributed by atoms with Gasteiger partial charge >= 0.3 is 0 Å². The van der Waals surface area contributed by atoms with Gasteiger partial charge in [-0.05, 0) is 45.0 Å². The third kappa shape index (κ3) is 3.42. The molecule has 0 aromatic heterocycles. The zero-order valence-corrected chi connectivity index (χ0v) is 11.0. The van der Waals surface area contributed by atoms with E-state index in [1.54, 1.807) is 13.8 Å². The molecule has 4 N–H and O–H groups in total. The number of aliphatic hydroxyl groups is 1. The molecule has 1 aromatic rings. The topological polar surface area (TPSA) is 92.4 Å². The van der Waals surface area contributed by atoms with Gasteiger partial charge in [0.25, 0.3) is 0 Å². The van der Waals surface area contributed by atoms with Crippen molar-refractivity contribution in [2.75, 3.05) is 5.73 Å². The fourth-order valence-corrected chi connectivity index (χ4v) is 2.61. The van der Waals surface area contributed by atoms with Gasteiger partial charge in [-0.3, -0.25) is 0 Å². The van der Waals surface area contributed by atoms with Gasteiger partial charge in [0.1, 0.15) is 0 Å². The van der Waals surface area contributed by atoms with E-state index in [-0.39, 0.29) is 4.90 Å². The Balaban J connectivity index is 3.01. The molecule has 0 saturated carbocycles. The van der Waals surface area contributed by atoms with E-state index in [0.29, 0.717) is 5.69 Å². The molecule has 0 amide bonds. The molecule has 0 heterocycles. The molecule has 1 unspecified atom stereocenters. The van der Waals surface area contributed by atoms with Crippen molar-refractivity contribution in [1.82, 2.24) is 4.72 Å². The summed E-state index contributed by atoms with van der Waals surface area (Å²) in [4.78, 5) is 0.125. The second kappa shape index (κ2) is 4.64. The monoisotopic (exact) mass is 258 g/mol. The quantitative estimate of drug-likeness (QED) is 0.693. The average Bonchev–Trinajstić information content (AvgIpc) is 2.16. The minimum Gasteiger partial charge on any atom is -0.399 e.